The van der Waals surface area contributed by atoms with Crippen molar-refractivity contribution < 1.29 is 13.8 Å². The van der Waals surface area contributed by atoms with Crippen LogP contribution in [0.5, 0.6) is 0 Å². The zero-order valence-corrected chi connectivity index (χ0v) is 12.4. The number of nitrogens with one attached hydrogen (secondary N) is 1. The first-order valence-electron chi connectivity index (χ1n) is 7.38. The molecule has 1 fully saturated rings. The monoisotopic (exact) mass is 310 g/mol. The molecule has 4 rings (SSSR count). The standard InChI is InChI=1S/C16H14N4O3/c1-9-8-13(19-22-9)17-15(21)11-4-2-10(3-5-11)14-18-16(23-20-14)12-6-7-12/h2-5,8,12H,6-7H2,1H3,(H,17,19,21). The van der Waals surface area contributed by atoms with E-state index in [2.05, 4.69) is 20.6 Å². The lowest BCUT2D eigenvalue weighted by molar-refractivity contribution is 0.102. The highest BCUT2D eigenvalue weighted by atomic mass is 16.5. The number of aryl methyl sites for hydroxylation is 1. The lowest BCUT2D eigenvalue weighted by atomic mass is 10.1. The van der Waals surface area contributed by atoms with Gasteiger partial charge in [-0.15, -0.1) is 0 Å². The number of anilines is 1. The molecule has 7 nitrogen and oxygen atoms in total. The molecule has 7 heteroatoms. The SMILES string of the molecule is Cc1cc(NC(=O)c2ccc(-c3noc(C4CC4)n3)cc2)no1. The van der Waals surface area contributed by atoms with Crippen molar-refractivity contribution in [1.29, 1.82) is 0 Å². The molecular weight excluding hydrogens is 296 g/mol. The van der Waals surface area contributed by atoms with E-state index in [-0.39, 0.29) is 5.91 Å². The Kier molecular flexibility index (Phi) is 3.18. The first-order valence-corrected chi connectivity index (χ1v) is 7.38. The van der Waals surface area contributed by atoms with E-state index < -0.39 is 0 Å². The summed E-state index contributed by atoms with van der Waals surface area (Å²) in [5, 5.41) is 10.4. The molecule has 0 unspecified atom stereocenters. The average molecular weight is 310 g/mol. The van der Waals surface area contributed by atoms with Crippen LogP contribution in [0.2, 0.25) is 0 Å². The number of amides is 1. The van der Waals surface area contributed by atoms with E-state index in [1.807, 2.05) is 0 Å². The Bertz CT molecular complexity index is 846. The summed E-state index contributed by atoms with van der Waals surface area (Å²) in [5.74, 6) is 2.45. The molecule has 1 amide bonds. The molecule has 1 aliphatic rings. The lowest BCUT2D eigenvalue weighted by Gasteiger charge is -2.01. The summed E-state index contributed by atoms with van der Waals surface area (Å²) in [6.45, 7) is 1.76. The number of carbonyl (C=O) groups is 1. The molecule has 0 saturated heterocycles. The maximum absolute atomic E-state index is 12.1. The zero-order valence-electron chi connectivity index (χ0n) is 12.4. The van der Waals surface area contributed by atoms with E-state index in [4.69, 9.17) is 9.05 Å². The number of aromatic nitrogens is 3. The van der Waals surface area contributed by atoms with Gasteiger partial charge in [0.1, 0.15) is 5.76 Å². The van der Waals surface area contributed by atoms with Crippen LogP contribution in [0.25, 0.3) is 11.4 Å². The van der Waals surface area contributed by atoms with E-state index in [1.54, 1.807) is 37.3 Å². The predicted octanol–water partition coefficient (Wildman–Crippen LogP) is 3.16. The third-order valence-corrected chi connectivity index (χ3v) is 3.64. The molecule has 2 heterocycles. The van der Waals surface area contributed by atoms with Crippen molar-refractivity contribution >= 4 is 11.7 Å². The van der Waals surface area contributed by atoms with Gasteiger partial charge in [-0.25, -0.2) is 0 Å². The van der Waals surface area contributed by atoms with Gasteiger partial charge >= 0.3 is 0 Å². The smallest absolute Gasteiger partial charge is 0.256 e. The molecule has 2 aromatic heterocycles. The minimum Gasteiger partial charge on any atom is -0.360 e. The van der Waals surface area contributed by atoms with E-state index in [1.165, 1.54) is 0 Å². The van der Waals surface area contributed by atoms with Crippen LogP contribution in [0.1, 0.15) is 40.8 Å². The molecule has 1 aromatic carbocycles. The van der Waals surface area contributed by atoms with Gasteiger partial charge < -0.3 is 14.4 Å². The maximum atomic E-state index is 12.1. The van der Waals surface area contributed by atoms with Gasteiger partial charge in [-0.05, 0) is 31.9 Å². The van der Waals surface area contributed by atoms with Crippen molar-refractivity contribution in [2.75, 3.05) is 5.32 Å². The van der Waals surface area contributed by atoms with Crippen molar-refractivity contribution in [2.24, 2.45) is 0 Å². The summed E-state index contributed by atoms with van der Waals surface area (Å²) in [6, 6.07) is 8.68. The Morgan fingerprint density at radius 2 is 1.96 bits per heavy atom. The molecule has 1 aliphatic carbocycles. The summed E-state index contributed by atoms with van der Waals surface area (Å²) < 4.78 is 10.2. The Morgan fingerprint density at radius 3 is 2.61 bits per heavy atom. The van der Waals surface area contributed by atoms with Crippen LogP contribution in [0.15, 0.2) is 39.4 Å². The molecule has 1 saturated carbocycles. The van der Waals surface area contributed by atoms with Gasteiger partial charge in [0.15, 0.2) is 5.82 Å². The van der Waals surface area contributed by atoms with Gasteiger partial charge in [-0.1, -0.05) is 22.4 Å². The molecule has 1 N–H and O–H groups in total. The highest BCUT2D eigenvalue weighted by Crippen LogP contribution is 2.39. The van der Waals surface area contributed by atoms with Crippen LogP contribution in [-0.4, -0.2) is 21.2 Å². The second-order valence-electron chi connectivity index (χ2n) is 5.58. The van der Waals surface area contributed by atoms with Gasteiger partial charge in [0.25, 0.3) is 5.91 Å². The normalized spacial score (nSPS) is 14.0. The largest absolute Gasteiger partial charge is 0.360 e. The van der Waals surface area contributed by atoms with Gasteiger partial charge in [0, 0.05) is 23.1 Å². The van der Waals surface area contributed by atoms with E-state index in [0.717, 1.165) is 18.4 Å². The number of hydrogen-bond donors (Lipinski definition) is 1. The topological polar surface area (TPSA) is 94.1 Å². The molecular formula is C16H14N4O3. The lowest BCUT2D eigenvalue weighted by Crippen LogP contribution is -2.11. The first-order chi connectivity index (χ1) is 11.2. The maximum Gasteiger partial charge on any atom is 0.256 e. The molecule has 0 aliphatic heterocycles. The van der Waals surface area contributed by atoms with E-state index in [0.29, 0.717) is 34.8 Å². The van der Waals surface area contributed by atoms with Crippen molar-refractivity contribution in [3.05, 3.63) is 47.5 Å². The van der Waals surface area contributed by atoms with Crippen molar-refractivity contribution in [3.63, 3.8) is 0 Å². The highest BCUT2D eigenvalue weighted by Gasteiger charge is 2.29. The summed E-state index contributed by atoms with van der Waals surface area (Å²) >= 11 is 0. The fraction of sp³-hybridized carbons (Fsp3) is 0.250. The molecule has 23 heavy (non-hydrogen) atoms. The summed E-state index contributed by atoms with van der Waals surface area (Å²) in [7, 11) is 0. The number of rotatable bonds is 4. The van der Waals surface area contributed by atoms with E-state index in [9.17, 15) is 4.79 Å². The molecule has 0 bridgehead atoms. The molecule has 0 atom stereocenters. The third-order valence-electron chi connectivity index (χ3n) is 3.64. The summed E-state index contributed by atoms with van der Waals surface area (Å²) in [4.78, 5) is 16.5. The number of nitrogens with zero attached hydrogens (tertiary/aromatic N) is 3. The van der Waals surface area contributed by atoms with Gasteiger partial charge in [0.05, 0.1) is 0 Å². The van der Waals surface area contributed by atoms with Crippen molar-refractivity contribution in [2.45, 2.75) is 25.7 Å². The minimum atomic E-state index is -0.253. The van der Waals surface area contributed by atoms with Crippen LogP contribution < -0.4 is 5.32 Å². The third kappa shape index (κ3) is 2.85. The summed E-state index contributed by atoms with van der Waals surface area (Å²) in [5.41, 5.74) is 1.33. The second kappa shape index (κ2) is 5.35. The predicted molar refractivity (Wildman–Crippen MR) is 80.9 cm³/mol. The van der Waals surface area contributed by atoms with Crippen LogP contribution in [0.3, 0.4) is 0 Å². The Labute approximate surface area is 131 Å². The highest BCUT2D eigenvalue weighted by molar-refractivity contribution is 6.03. The second-order valence-corrected chi connectivity index (χ2v) is 5.58. The zero-order chi connectivity index (χ0) is 15.8. The quantitative estimate of drug-likeness (QED) is 0.795. The summed E-state index contributed by atoms with van der Waals surface area (Å²) in [6.07, 6.45) is 2.23. The van der Waals surface area contributed by atoms with Gasteiger partial charge in [0.2, 0.25) is 11.7 Å². The molecule has 0 radical (unpaired) electrons. The fourth-order valence-corrected chi connectivity index (χ4v) is 2.23. The van der Waals surface area contributed by atoms with Crippen LogP contribution in [0, 0.1) is 6.92 Å². The fourth-order valence-electron chi connectivity index (χ4n) is 2.23. The van der Waals surface area contributed by atoms with Crippen molar-refractivity contribution in [1.82, 2.24) is 15.3 Å². The average Bonchev–Trinajstić information content (AvgIpc) is 3.15. The van der Waals surface area contributed by atoms with Crippen LogP contribution in [-0.2, 0) is 0 Å². The van der Waals surface area contributed by atoms with Gasteiger partial charge in [-0.3, -0.25) is 4.79 Å². The van der Waals surface area contributed by atoms with Crippen LogP contribution in [0.4, 0.5) is 5.82 Å². The Morgan fingerprint density at radius 1 is 1.17 bits per heavy atom. The van der Waals surface area contributed by atoms with Crippen molar-refractivity contribution in [3.8, 4) is 11.4 Å². The number of hydrogen-bond acceptors (Lipinski definition) is 6. The molecule has 0 spiro atoms. The minimum absolute atomic E-state index is 0.253. The number of carbonyl (C=O) groups excluding carboxylic acids is 1. The molecule has 116 valence electrons. The number of benzene rings is 1. The Balaban J connectivity index is 1.49. The van der Waals surface area contributed by atoms with Crippen LogP contribution >= 0.6 is 0 Å². The van der Waals surface area contributed by atoms with Gasteiger partial charge in [-0.2, -0.15) is 4.98 Å². The first kappa shape index (κ1) is 13.7. The Hall–Kier alpha value is -2.96. The van der Waals surface area contributed by atoms with E-state index >= 15 is 0 Å². The molecule has 3 aromatic rings.